The van der Waals surface area contributed by atoms with Crippen molar-refractivity contribution < 1.29 is 5.11 Å². The molecule has 2 rings (SSSR count). The van der Waals surface area contributed by atoms with Crippen LogP contribution in [0.25, 0.3) is 0 Å². The summed E-state index contributed by atoms with van der Waals surface area (Å²) in [6.45, 7) is 6.74. The number of aromatic nitrogens is 2. The lowest BCUT2D eigenvalue weighted by Gasteiger charge is -2.37. The SMILES string of the molecule is CCn1nc(C)c(Br)c1CC1(O)CCCN(C)C1. The minimum absolute atomic E-state index is 0.616. The Morgan fingerprint density at radius 1 is 1.50 bits per heavy atom. The van der Waals surface area contributed by atoms with E-state index in [0.29, 0.717) is 6.42 Å². The second kappa shape index (κ2) is 5.31. The molecule has 2 heterocycles. The average molecular weight is 316 g/mol. The molecule has 1 fully saturated rings. The fourth-order valence-electron chi connectivity index (χ4n) is 2.83. The van der Waals surface area contributed by atoms with Crippen LogP contribution in [0.4, 0.5) is 0 Å². The molecular weight excluding hydrogens is 294 g/mol. The van der Waals surface area contributed by atoms with E-state index in [1.165, 1.54) is 0 Å². The number of hydrogen-bond donors (Lipinski definition) is 1. The zero-order chi connectivity index (χ0) is 13.3. The van der Waals surface area contributed by atoms with Gasteiger partial charge in [0.15, 0.2) is 0 Å². The third kappa shape index (κ3) is 2.78. The molecule has 0 bridgehead atoms. The van der Waals surface area contributed by atoms with E-state index >= 15 is 0 Å². The monoisotopic (exact) mass is 315 g/mol. The molecule has 18 heavy (non-hydrogen) atoms. The molecule has 1 aromatic heterocycles. The summed E-state index contributed by atoms with van der Waals surface area (Å²) >= 11 is 3.60. The molecule has 0 spiro atoms. The zero-order valence-electron chi connectivity index (χ0n) is 11.4. The van der Waals surface area contributed by atoms with Gasteiger partial charge in [-0.2, -0.15) is 5.10 Å². The highest BCUT2D eigenvalue weighted by atomic mass is 79.9. The molecule has 0 radical (unpaired) electrons. The summed E-state index contributed by atoms with van der Waals surface area (Å²) in [6, 6.07) is 0. The molecule has 1 aromatic rings. The zero-order valence-corrected chi connectivity index (χ0v) is 13.0. The van der Waals surface area contributed by atoms with Crippen LogP contribution >= 0.6 is 15.9 Å². The minimum atomic E-state index is -0.616. The Bertz CT molecular complexity index is 432. The van der Waals surface area contributed by atoms with Crippen molar-refractivity contribution in [3.8, 4) is 0 Å². The highest BCUT2D eigenvalue weighted by Gasteiger charge is 2.34. The van der Waals surface area contributed by atoms with Gasteiger partial charge >= 0.3 is 0 Å². The predicted octanol–water partition coefficient (Wildman–Crippen LogP) is 1.97. The Morgan fingerprint density at radius 3 is 2.83 bits per heavy atom. The summed E-state index contributed by atoms with van der Waals surface area (Å²) in [6.07, 6.45) is 2.61. The fourth-order valence-corrected chi connectivity index (χ4v) is 3.26. The Morgan fingerprint density at radius 2 is 2.22 bits per heavy atom. The number of nitrogens with zero attached hydrogens (tertiary/aromatic N) is 3. The number of likely N-dealkylation sites (N-methyl/N-ethyl adjacent to an activating group) is 1. The Labute approximate surface area is 117 Å². The molecule has 1 atom stereocenters. The number of hydrogen-bond acceptors (Lipinski definition) is 3. The average Bonchev–Trinajstić information content (AvgIpc) is 2.56. The van der Waals surface area contributed by atoms with Crippen molar-refractivity contribution in [3.05, 3.63) is 15.9 Å². The number of piperidine rings is 1. The predicted molar refractivity (Wildman–Crippen MR) is 75.7 cm³/mol. The van der Waals surface area contributed by atoms with Gasteiger partial charge in [0.05, 0.1) is 21.5 Å². The Balaban J connectivity index is 2.22. The van der Waals surface area contributed by atoms with Gasteiger partial charge in [-0.15, -0.1) is 0 Å². The van der Waals surface area contributed by atoms with Crippen molar-refractivity contribution >= 4 is 15.9 Å². The number of aliphatic hydroxyl groups is 1. The molecule has 1 unspecified atom stereocenters. The van der Waals surface area contributed by atoms with E-state index in [4.69, 9.17) is 0 Å². The molecule has 1 aliphatic heterocycles. The molecule has 0 amide bonds. The highest BCUT2D eigenvalue weighted by molar-refractivity contribution is 9.10. The van der Waals surface area contributed by atoms with Gasteiger partial charge in [-0.05, 0) is 56.2 Å². The van der Waals surface area contributed by atoms with Gasteiger partial charge in [0.1, 0.15) is 0 Å². The maximum Gasteiger partial charge on any atom is 0.0829 e. The third-order valence-corrected chi connectivity index (χ3v) is 4.73. The van der Waals surface area contributed by atoms with E-state index in [0.717, 1.165) is 48.3 Å². The van der Waals surface area contributed by atoms with Crippen LogP contribution in [0.15, 0.2) is 4.47 Å². The summed E-state index contributed by atoms with van der Waals surface area (Å²) in [5.41, 5.74) is 1.50. The molecular formula is C13H22BrN3O. The molecule has 4 nitrogen and oxygen atoms in total. The van der Waals surface area contributed by atoms with Crippen LogP contribution in [-0.2, 0) is 13.0 Å². The number of β-amino-alcohol motifs (C(OH)–C–C–N with tert-alkyl or cyclic N) is 1. The van der Waals surface area contributed by atoms with Crippen LogP contribution in [-0.4, -0.2) is 45.5 Å². The Kier molecular flexibility index (Phi) is 4.14. The van der Waals surface area contributed by atoms with Crippen LogP contribution < -0.4 is 0 Å². The molecule has 0 saturated carbocycles. The van der Waals surface area contributed by atoms with Crippen molar-refractivity contribution in [2.45, 2.75) is 45.3 Å². The highest BCUT2D eigenvalue weighted by Crippen LogP contribution is 2.29. The van der Waals surface area contributed by atoms with Crippen molar-refractivity contribution in [1.82, 2.24) is 14.7 Å². The molecule has 1 N–H and O–H groups in total. The van der Waals surface area contributed by atoms with Crippen molar-refractivity contribution in [3.63, 3.8) is 0 Å². The first kappa shape index (κ1) is 14.0. The van der Waals surface area contributed by atoms with Crippen molar-refractivity contribution in [2.24, 2.45) is 0 Å². The molecule has 1 saturated heterocycles. The molecule has 0 aliphatic carbocycles. The quantitative estimate of drug-likeness (QED) is 0.927. The molecule has 0 aromatic carbocycles. The second-order valence-corrected chi connectivity index (χ2v) is 6.20. The standard InChI is InChI=1S/C13H22BrN3O/c1-4-17-11(12(14)10(2)15-17)8-13(18)6-5-7-16(3)9-13/h18H,4-9H2,1-3H3. The lowest BCUT2D eigenvalue weighted by atomic mass is 9.88. The van der Waals surface area contributed by atoms with Gasteiger partial charge in [0, 0.05) is 19.5 Å². The van der Waals surface area contributed by atoms with E-state index in [9.17, 15) is 5.11 Å². The van der Waals surface area contributed by atoms with Crippen molar-refractivity contribution in [1.29, 1.82) is 0 Å². The first-order chi connectivity index (χ1) is 8.45. The summed E-state index contributed by atoms with van der Waals surface area (Å²) in [5.74, 6) is 0. The lowest BCUT2D eigenvalue weighted by Crippen LogP contribution is -2.48. The molecule has 102 valence electrons. The first-order valence-electron chi connectivity index (χ1n) is 6.58. The van der Waals surface area contributed by atoms with E-state index in [-0.39, 0.29) is 0 Å². The number of likely N-dealkylation sites (tertiary alicyclic amines) is 1. The number of rotatable bonds is 3. The minimum Gasteiger partial charge on any atom is -0.388 e. The largest absolute Gasteiger partial charge is 0.388 e. The Hall–Kier alpha value is -0.390. The van der Waals surface area contributed by atoms with Gasteiger partial charge in [-0.3, -0.25) is 4.68 Å². The third-order valence-electron chi connectivity index (χ3n) is 3.70. The van der Waals surface area contributed by atoms with E-state index in [1.807, 2.05) is 11.6 Å². The maximum absolute atomic E-state index is 10.7. The number of halogens is 1. The van der Waals surface area contributed by atoms with E-state index < -0.39 is 5.60 Å². The summed E-state index contributed by atoms with van der Waals surface area (Å²) in [7, 11) is 2.07. The van der Waals surface area contributed by atoms with E-state index in [1.54, 1.807) is 0 Å². The van der Waals surface area contributed by atoms with Gasteiger partial charge in [-0.25, -0.2) is 0 Å². The second-order valence-electron chi connectivity index (χ2n) is 5.40. The van der Waals surface area contributed by atoms with E-state index in [2.05, 4.69) is 39.9 Å². The van der Waals surface area contributed by atoms with Crippen molar-refractivity contribution in [2.75, 3.05) is 20.1 Å². The summed E-state index contributed by atoms with van der Waals surface area (Å²) in [5, 5.41) is 15.2. The fraction of sp³-hybridized carbons (Fsp3) is 0.769. The van der Waals surface area contributed by atoms with Gasteiger partial charge < -0.3 is 10.0 Å². The lowest BCUT2D eigenvalue weighted by molar-refractivity contribution is -0.0239. The van der Waals surface area contributed by atoms with Crippen LogP contribution in [0.3, 0.4) is 0 Å². The van der Waals surface area contributed by atoms with Gasteiger partial charge in [0.25, 0.3) is 0 Å². The first-order valence-corrected chi connectivity index (χ1v) is 7.37. The normalized spacial score (nSPS) is 25.6. The maximum atomic E-state index is 10.7. The summed E-state index contributed by atoms with van der Waals surface area (Å²) in [4.78, 5) is 2.21. The van der Waals surface area contributed by atoms with Crippen LogP contribution in [0.2, 0.25) is 0 Å². The van der Waals surface area contributed by atoms with Crippen LogP contribution in [0, 0.1) is 6.92 Å². The topological polar surface area (TPSA) is 41.3 Å². The molecule has 5 heteroatoms. The number of aryl methyl sites for hydroxylation is 2. The molecule has 1 aliphatic rings. The summed E-state index contributed by atoms with van der Waals surface area (Å²) < 4.78 is 3.04. The van der Waals surface area contributed by atoms with Crippen LogP contribution in [0.5, 0.6) is 0 Å². The van der Waals surface area contributed by atoms with Crippen LogP contribution in [0.1, 0.15) is 31.2 Å². The van der Waals surface area contributed by atoms with Gasteiger partial charge in [-0.1, -0.05) is 0 Å². The van der Waals surface area contributed by atoms with Gasteiger partial charge in [0.2, 0.25) is 0 Å². The smallest absolute Gasteiger partial charge is 0.0829 e.